The molecule has 0 aromatic heterocycles. The largest absolute Gasteiger partial charge is 0.493 e. The molecule has 0 spiro atoms. The van der Waals surface area contributed by atoms with E-state index in [1.807, 2.05) is 19.1 Å². The Labute approximate surface area is 143 Å². The molecule has 0 bridgehead atoms. The first-order valence-corrected chi connectivity index (χ1v) is 8.53. The van der Waals surface area contributed by atoms with Gasteiger partial charge in [0.1, 0.15) is 0 Å². The van der Waals surface area contributed by atoms with E-state index in [1.165, 1.54) is 6.42 Å². The molecule has 134 valence electrons. The van der Waals surface area contributed by atoms with Crippen LogP contribution < -0.4 is 24.8 Å². The van der Waals surface area contributed by atoms with Crippen LogP contribution in [0.25, 0.3) is 0 Å². The topological polar surface area (TPSA) is 68.8 Å². The molecule has 1 aromatic rings. The molecule has 1 atom stereocenters. The second-order valence-corrected chi connectivity index (χ2v) is 5.94. The van der Waals surface area contributed by atoms with E-state index in [2.05, 4.69) is 10.6 Å². The number of amides is 1. The summed E-state index contributed by atoms with van der Waals surface area (Å²) in [4.78, 5) is 12.0. The van der Waals surface area contributed by atoms with Gasteiger partial charge in [0.2, 0.25) is 11.7 Å². The molecule has 1 amide bonds. The first-order chi connectivity index (χ1) is 11.7. The number of ether oxygens (including phenoxy) is 3. The molecule has 0 radical (unpaired) electrons. The summed E-state index contributed by atoms with van der Waals surface area (Å²) in [5.41, 5.74) is 0.919. The standard InChI is InChI=1S/C18H28N2O4/c1-4-24-18-15(22-2)9-14(10-16(18)23-3)12-20-17(21)6-5-13-7-8-19-11-13/h9-10,13,19H,4-8,11-12H2,1-3H3,(H,20,21). The molecule has 6 heteroatoms. The van der Waals surface area contributed by atoms with Crippen LogP contribution in [0.2, 0.25) is 0 Å². The minimum absolute atomic E-state index is 0.0775. The predicted molar refractivity (Wildman–Crippen MR) is 92.8 cm³/mol. The highest BCUT2D eigenvalue weighted by Crippen LogP contribution is 2.38. The lowest BCUT2D eigenvalue weighted by atomic mass is 10.0. The zero-order valence-corrected chi connectivity index (χ0v) is 14.8. The van der Waals surface area contributed by atoms with Gasteiger partial charge in [-0.25, -0.2) is 0 Å². The second-order valence-electron chi connectivity index (χ2n) is 5.94. The fourth-order valence-corrected chi connectivity index (χ4v) is 2.91. The highest BCUT2D eigenvalue weighted by Gasteiger charge is 2.16. The molecule has 2 rings (SSSR count). The molecule has 1 aromatic carbocycles. The van der Waals surface area contributed by atoms with Crippen molar-refractivity contribution in [1.29, 1.82) is 0 Å². The highest BCUT2D eigenvalue weighted by molar-refractivity contribution is 5.75. The highest BCUT2D eigenvalue weighted by atomic mass is 16.5. The first kappa shape index (κ1) is 18.4. The maximum Gasteiger partial charge on any atom is 0.220 e. The Morgan fingerprint density at radius 2 is 2.00 bits per heavy atom. The Bertz CT molecular complexity index is 517. The zero-order chi connectivity index (χ0) is 17.4. The van der Waals surface area contributed by atoms with Gasteiger partial charge in [0, 0.05) is 13.0 Å². The van der Waals surface area contributed by atoms with Gasteiger partial charge in [0.25, 0.3) is 0 Å². The van der Waals surface area contributed by atoms with Crippen LogP contribution in [-0.4, -0.2) is 39.8 Å². The van der Waals surface area contributed by atoms with Crippen molar-refractivity contribution >= 4 is 5.91 Å². The summed E-state index contributed by atoms with van der Waals surface area (Å²) in [6, 6.07) is 3.74. The van der Waals surface area contributed by atoms with Gasteiger partial charge in [-0.15, -0.1) is 0 Å². The van der Waals surface area contributed by atoms with E-state index in [0.29, 0.717) is 42.7 Å². The number of carbonyl (C=O) groups excluding carboxylic acids is 1. The maximum absolute atomic E-state index is 12.0. The van der Waals surface area contributed by atoms with Crippen LogP contribution in [-0.2, 0) is 11.3 Å². The summed E-state index contributed by atoms with van der Waals surface area (Å²) in [5.74, 6) is 2.51. The van der Waals surface area contributed by atoms with Gasteiger partial charge in [0.05, 0.1) is 20.8 Å². The van der Waals surface area contributed by atoms with Crippen molar-refractivity contribution in [2.45, 2.75) is 32.7 Å². The number of nitrogens with one attached hydrogen (secondary N) is 2. The molecule has 1 heterocycles. The molecule has 0 saturated carbocycles. The lowest BCUT2D eigenvalue weighted by Crippen LogP contribution is -2.23. The average molecular weight is 336 g/mol. The summed E-state index contributed by atoms with van der Waals surface area (Å²) >= 11 is 0. The van der Waals surface area contributed by atoms with Crippen molar-refractivity contribution in [2.24, 2.45) is 5.92 Å². The molecule has 2 N–H and O–H groups in total. The third-order valence-corrected chi connectivity index (χ3v) is 4.24. The number of benzene rings is 1. The second kappa shape index (κ2) is 9.37. The van der Waals surface area contributed by atoms with Crippen LogP contribution in [0.3, 0.4) is 0 Å². The Morgan fingerprint density at radius 3 is 2.54 bits per heavy atom. The van der Waals surface area contributed by atoms with E-state index >= 15 is 0 Å². The summed E-state index contributed by atoms with van der Waals surface area (Å²) in [5, 5.41) is 6.29. The molecule has 6 nitrogen and oxygen atoms in total. The minimum atomic E-state index is 0.0775. The zero-order valence-electron chi connectivity index (χ0n) is 14.8. The van der Waals surface area contributed by atoms with E-state index in [9.17, 15) is 4.79 Å². The van der Waals surface area contributed by atoms with Crippen molar-refractivity contribution in [3.63, 3.8) is 0 Å². The van der Waals surface area contributed by atoms with Gasteiger partial charge < -0.3 is 24.8 Å². The van der Waals surface area contributed by atoms with Crippen molar-refractivity contribution in [3.8, 4) is 17.2 Å². The van der Waals surface area contributed by atoms with Crippen LogP contribution in [0.5, 0.6) is 17.2 Å². The Morgan fingerprint density at radius 1 is 1.29 bits per heavy atom. The van der Waals surface area contributed by atoms with Crippen LogP contribution in [0, 0.1) is 5.92 Å². The van der Waals surface area contributed by atoms with Gasteiger partial charge >= 0.3 is 0 Å². The van der Waals surface area contributed by atoms with Crippen molar-refractivity contribution in [3.05, 3.63) is 17.7 Å². The number of rotatable bonds is 9. The normalized spacial score (nSPS) is 16.7. The van der Waals surface area contributed by atoms with Gasteiger partial charge in [-0.3, -0.25) is 4.79 Å². The van der Waals surface area contributed by atoms with Crippen LogP contribution in [0.1, 0.15) is 31.7 Å². The SMILES string of the molecule is CCOc1c(OC)cc(CNC(=O)CCC2CCNC2)cc1OC. The summed E-state index contributed by atoms with van der Waals surface area (Å²) in [6.45, 7) is 4.98. The average Bonchev–Trinajstić information content (AvgIpc) is 3.12. The van der Waals surface area contributed by atoms with E-state index in [1.54, 1.807) is 14.2 Å². The molecule has 0 aliphatic carbocycles. The molecule has 24 heavy (non-hydrogen) atoms. The monoisotopic (exact) mass is 336 g/mol. The number of hydrogen-bond acceptors (Lipinski definition) is 5. The first-order valence-electron chi connectivity index (χ1n) is 8.53. The smallest absolute Gasteiger partial charge is 0.220 e. The molecule has 1 fully saturated rings. The Kier molecular flexibility index (Phi) is 7.18. The summed E-state index contributed by atoms with van der Waals surface area (Å²) in [7, 11) is 3.19. The van der Waals surface area contributed by atoms with Crippen molar-refractivity contribution in [1.82, 2.24) is 10.6 Å². The third kappa shape index (κ3) is 5.03. The minimum Gasteiger partial charge on any atom is -0.493 e. The lowest BCUT2D eigenvalue weighted by Gasteiger charge is -2.15. The summed E-state index contributed by atoms with van der Waals surface area (Å²) < 4.78 is 16.3. The Balaban J connectivity index is 1.92. The van der Waals surface area contributed by atoms with E-state index in [-0.39, 0.29) is 5.91 Å². The molecule has 1 unspecified atom stereocenters. The van der Waals surface area contributed by atoms with Crippen LogP contribution in [0.15, 0.2) is 12.1 Å². The molecular formula is C18H28N2O4. The lowest BCUT2D eigenvalue weighted by molar-refractivity contribution is -0.121. The van der Waals surface area contributed by atoms with E-state index in [0.717, 1.165) is 25.1 Å². The quantitative estimate of drug-likeness (QED) is 0.723. The molecule has 1 aliphatic rings. The fraction of sp³-hybridized carbons (Fsp3) is 0.611. The van der Waals surface area contributed by atoms with Gasteiger partial charge in [-0.2, -0.15) is 0 Å². The number of carbonyl (C=O) groups is 1. The fourth-order valence-electron chi connectivity index (χ4n) is 2.91. The molecule has 1 saturated heterocycles. The molecular weight excluding hydrogens is 308 g/mol. The van der Waals surface area contributed by atoms with Crippen molar-refractivity contribution < 1.29 is 19.0 Å². The van der Waals surface area contributed by atoms with Crippen molar-refractivity contribution in [2.75, 3.05) is 33.9 Å². The predicted octanol–water partition coefficient (Wildman–Crippen LogP) is 2.11. The van der Waals surface area contributed by atoms with E-state index in [4.69, 9.17) is 14.2 Å². The van der Waals surface area contributed by atoms with E-state index < -0.39 is 0 Å². The Hall–Kier alpha value is -1.95. The van der Waals surface area contributed by atoms with Gasteiger partial charge in [0.15, 0.2) is 11.5 Å². The molecule has 1 aliphatic heterocycles. The summed E-state index contributed by atoms with van der Waals surface area (Å²) in [6.07, 6.45) is 2.67. The van der Waals surface area contributed by atoms with Crippen LogP contribution in [0.4, 0.5) is 0 Å². The maximum atomic E-state index is 12.0. The van der Waals surface area contributed by atoms with Gasteiger partial charge in [-0.05, 0) is 56.5 Å². The van der Waals surface area contributed by atoms with Crippen LogP contribution >= 0.6 is 0 Å². The van der Waals surface area contributed by atoms with Gasteiger partial charge in [-0.1, -0.05) is 0 Å². The number of methoxy groups -OCH3 is 2. The third-order valence-electron chi connectivity index (χ3n) is 4.24. The number of hydrogen-bond donors (Lipinski definition) is 2.